The standard InChI is InChI=1S/C12H26O2/c1-6-8-9-10(12(3,4)13)11(7-2)14-5/h10-11,13H,6-9H2,1-5H3. The van der Waals surface area contributed by atoms with Crippen molar-refractivity contribution in [3.05, 3.63) is 0 Å². The molecule has 0 aliphatic heterocycles. The molecule has 2 nitrogen and oxygen atoms in total. The molecule has 86 valence electrons. The molecule has 14 heavy (non-hydrogen) atoms. The van der Waals surface area contributed by atoms with Crippen molar-refractivity contribution in [2.45, 2.75) is 65.1 Å². The summed E-state index contributed by atoms with van der Waals surface area (Å²) in [7, 11) is 1.73. The third kappa shape index (κ3) is 4.43. The molecule has 1 N–H and O–H groups in total. The van der Waals surface area contributed by atoms with Gasteiger partial charge in [-0.1, -0.05) is 26.7 Å². The lowest BCUT2D eigenvalue weighted by Crippen LogP contribution is -2.40. The molecule has 0 bridgehead atoms. The van der Waals surface area contributed by atoms with Crippen molar-refractivity contribution in [3.63, 3.8) is 0 Å². The van der Waals surface area contributed by atoms with Crippen LogP contribution >= 0.6 is 0 Å². The SMILES string of the molecule is CCCCC(C(CC)OC)C(C)(C)O. The number of methoxy groups -OCH3 is 1. The largest absolute Gasteiger partial charge is 0.390 e. The van der Waals surface area contributed by atoms with Crippen LogP contribution in [0.1, 0.15) is 53.4 Å². The van der Waals surface area contributed by atoms with Gasteiger partial charge in [-0.25, -0.2) is 0 Å². The zero-order valence-corrected chi connectivity index (χ0v) is 10.3. The molecule has 0 saturated carbocycles. The van der Waals surface area contributed by atoms with Gasteiger partial charge in [0.2, 0.25) is 0 Å². The van der Waals surface area contributed by atoms with E-state index in [0.717, 1.165) is 19.3 Å². The highest BCUT2D eigenvalue weighted by molar-refractivity contribution is 4.83. The highest BCUT2D eigenvalue weighted by Gasteiger charge is 2.32. The number of hydrogen-bond donors (Lipinski definition) is 1. The molecule has 0 spiro atoms. The summed E-state index contributed by atoms with van der Waals surface area (Å²) in [4.78, 5) is 0. The van der Waals surface area contributed by atoms with Crippen LogP contribution in [0.4, 0.5) is 0 Å². The summed E-state index contributed by atoms with van der Waals surface area (Å²) >= 11 is 0. The van der Waals surface area contributed by atoms with Gasteiger partial charge in [0.15, 0.2) is 0 Å². The van der Waals surface area contributed by atoms with Crippen LogP contribution in [0.15, 0.2) is 0 Å². The van der Waals surface area contributed by atoms with E-state index in [1.54, 1.807) is 7.11 Å². The molecule has 0 amide bonds. The maximum Gasteiger partial charge on any atom is 0.0644 e. The van der Waals surface area contributed by atoms with Gasteiger partial charge in [-0.05, 0) is 26.7 Å². The fourth-order valence-corrected chi connectivity index (χ4v) is 2.03. The van der Waals surface area contributed by atoms with E-state index in [-0.39, 0.29) is 12.0 Å². The van der Waals surface area contributed by atoms with Gasteiger partial charge >= 0.3 is 0 Å². The lowest BCUT2D eigenvalue weighted by molar-refractivity contribution is -0.0674. The van der Waals surface area contributed by atoms with E-state index >= 15 is 0 Å². The first-order chi connectivity index (χ1) is 6.47. The predicted octanol–water partition coefficient (Wildman–Crippen LogP) is 2.99. The maximum absolute atomic E-state index is 10.1. The zero-order valence-electron chi connectivity index (χ0n) is 10.3. The van der Waals surface area contributed by atoms with E-state index in [4.69, 9.17) is 4.74 Å². The minimum Gasteiger partial charge on any atom is -0.390 e. The van der Waals surface area contributed by atoms with Crippen molar-refractivity contribution < 1.29 is 9.84 Å². The normalized spacial score (nSPS) is 16.7. The molecule has 0 fully saturated rings. The Balaban J connectivity index is 4.37. The summed E-state index contributed by atoms with van der Waals surface area (Å²) in [6, 6.07) is 0. The average molecular weight is 202 g/mol. The van der Waals surface area contributed by atoms with Crippen LogP contribution in [0.2, 0.25) is 0 Å². The third-order valence-electron chi connectivity index (χ3n) is 2.93. The Morgan fingerprint density at radius 2 is 1.86 bits per heavy atom. The summed E-state index contributed by atoms with van der Waals surface area (Å²) in [5.41, 5.74) is -0.633. The number of aliphatic hydroxyl groups is 1. The average Bonchev–Trinajstić information content (AvgIpc) is 2.10. The van der Waals surface area contributed by atoms with Gasteiger partial charge < -0.3 is 9.84 Å². The van der Waals surface area contributed by atoms with Crippen LogP contribution < -0.4 is 0 Å². The monoisotopic (exact) mass is 202 g/mol. The minimum atomic E-state index is -0.633. The Bertz CT molecular complexity index is 134. The Morgan fingerprint density at radius 1 is 1.29 bits per heavy atom. The third-order valence-corrected chi connectivity index (χ3v) is 2.93. The molecule has 2 atom stereocenters. The second-order valence-corrected chi connectivity index (χ2v) is 4.58. The van der Waals surface area contributed by atoms with Gasteiger partial charge in [-0.15, -0.1) is 0 Å². The predicted molar refractivity (Wildman–Crippen MR) is 60.4 cm³/mol. The molecule has 0 aliphatic carbocycles. The summed E-state index contributed by atoms with van der Waals surface area (Å²) < 4.78 is 5.43. The second kappa shape index (κ2) is 6.41. The van der Waals surface area contributed by atoms with Gasteiger partial charge in [-0.2, -0.15) is 0 Å². The summed E-state index contributed by atoms with van der Waals surface area (Å²) in [6.07, 6.45) is 4.53. The molecule has 0 aromatic rings. The summed E-state index contributed by atoms with van der Waals surface area (Å²) in [5.74, 6) is 0.248. The summed E-state index contributed by atoms with van der Waals surface area (Å²) in [6.45, 7) is 8.05. The lowest BCUT2D eigenvalue weighted by Gasteiger charge is -2.34. The molecule has 0 heterocycles. The molecule has 0 aromatic carbocycles. The van der Waals surface area contributed by atoms with Gasteiger partial charge in [0, 0.05) is 13.0 Å². The van der Waals surface area contributed by atoms with Crippen LogP contribution in [-0.2, 0) is 4.74 Å². The van der Waals surface area contributed by atoms with Gasteiger partial charge in [0.25, 0.3) is 0 Å². The van der Waals surface area contributed by atoms with Gasteiger partial charge in [0.1, 0.15) is 0 Å². The molecule has 0 saturated heterocycles. The number of ether oxygens (including phenoxy) is 1. The first-order valence-electron chi connectivity index (χ1n) is 5.72. The maximum atomic E-state index is 10.1. The van der Waals surface area contributed by atoms with Crippen molar-refractivity contribution in [1.82, 2.24) is 0 Å². The van der Waals surface area contributed by atoms with E-state index in [0.29, 0.717) is 0 Å². The quantitative estimate of drug-likeness (QED) is 0.687. The molecular formula is C12H26O2. The number of unbranched alkanes of at least 4 members (excludes halogenated alkanes) is 1. The zero-order chi connectivity index (χ0) is 11.2. The molecule has 0 aliphatic rings. The molecule has 0 radical (unpaired) electrons. The van der Waals surface area contributed by atoms with Crippen LogP contribution in [0.25, 0.3) is 0 Å². The number of rotatable bonds is 7. The van der Waals surface area contributed by atoms with E-state index < -0.39 is 5.60 Å². The highest BCUT2D eigenvalue weighted by atomic mass is 16.5. The van der Waals surface area contributed by atoms with E-state index in [1.807, 2.05) is 13.8 Å². The lowest BCUT2D eigenvalue weighted by atomic mass is 9.81. The van der Waals surface area contributed by atoms with Crippen LogP contribution in [0.5, 0.6) is 0 Å². The van der Waals surface area contributed by atoms with Crippen molar-refractivity contribution in [1.29, 1.82) is 0 Å². The Labute approximate surface area is 88.7 Å². The van der Waals surface area contributed by atoms with Crippen molar-refractivity contribution in [3.8, 4) is 0 Å². The number of hydrogen-bond acceptors (Lipinski definition) is 2. The van der Waals surface area contributed by atoms with E-state index in [1.165, 1.54) is 6.42 Å². The molecule has 2 unspecified atom stereocenters. The van der Waals surface area contributed by atoms with Crippen LogP contribution in [0, 0.1) is 5.92 Å². The Kier molecular flexibility index (Phi) is 6.38. The minimum absolute atomic E-state index is 0.182. The van der Waals surface area contributed by atoms with Crippen molar-refractivity contribution >= 4 is 0 Å². The first kappa shape index (κ1) is 13.9. The molecule has 0 aromatic heterocycles. The first-order valence-corrected chi connectivity index (χ1v) is 5.72. The van der Waals surface area contributed by atoms with E-state index in [2.05, 4.69) is 13.8 Å². The second-order valence-electron chi connectivity index (χ2n) is 4.58. The molecular weight excluding hydrogens is 176 g/mol. The van der Waals surface area contributed by atoms with Crippen molar-refractivity contribution in [2.24, 2.45) is 5.92 Å². The van der Waals surface area contributed by atoms with Crippen molar-refractivity contribution in [2.75, 3.05) is 7.11 Å². The summed E-state index contributed by atoms with van der Waals surface area (Å²) in [5, 5.41) is 10.1. The highest BCUT2D eigenvalue weighted by Crippen LogP contribution is 2.28. The fraction of sp³-hybridized carbons (Fsp3) is 1.00. The topological polar surface area (TPSA) is 29.5 Å². The molecule has 2 heteroatoms. The Hall–Kier alpha value is -0.0800. The van der Waals surface area contributed by atoms with Gasteiger partial charge in [0.05, 0.1) is 11.7 Å². The van der Waals surface area contributed by atoms with Gasteiger partial charge in [-0.3, -0.25) is 0 Å². The van der Waals surface area contributed by atoms with E-state index in [9.17, 15) is 5.11 Å². The molecule has 0 rings (SSSR count). The van der Waals surface area contributed by atoms with Crippen LogP contribution in [0.3, 0.4) is 0 Å². The smallest absolute Gasteiger partial charge is 0.0644 e. The fourth-order valence-electron chi connectivity index (χ4n) is 2.03. The Morgan fingerprint density at radius 3 is 2.14 bits per heavy atom. The van der Waals surface area contributed by atoms with Crippen LogP contribution in [-0.4, -0.2) is 23.9 Å².